The molecule has 1 rings (SSSR count). The van der Waals surface area contributed by atoms with E-state index in [4.69, 9.17) is 29.6 Å². The van der Waals surface area contributed by atoms with Crippen molar-refractivity contribution in [3.8, 4) is 0 Å². The maximum absolute atomic E-state index is 11.7. The van der Waals surface area contributed by atoms with Crippen LogP contribution in [0.15, 0.2) is 24.3 Å². The number of anilines is 1. The van der Waals surface area contributed by atoms with E-state index in [1.807, 2.05) is 0 Å². The normalized spacial score (nSPS) is 10.3. The van der Waals surface area contributed by atoms with Gasteiger partial charge >= 0.3 is 0 Å². The van der Waals surface area contributed by atoms with Gasteiger partial charge in [-0.25, -0.2) is 0 Å². The SMILES string of the molecule is CN(CC(=O)Nc1ccccc1Cl)CC(N)=S. The zero-order valence-corrected chi connectivity index (χ0v) is 11.0. The van der Waals surface area contributed by atoms with Crippen molar-refractivity contribution in [2.75, 3.05) is 25.5 Å². The largest absolute Gasteiger partial charge is 0.392 e. The smallest absolute Gasteiger partial charge is 0.238 e. The maximum Gasteiger partial charge on any atom is 0.238 e. The zero-order chi connectivity index (χ0) is 12.8. The summed E-state index contributed by atoms with van der Waals surface area (Å²) in [6.45, 7) is 0.619. The summed E-state index contributed by atoms with van der Waals surface area (Å²) in [5.41, 5.74) is 5.98. The first-order valence-corrected chi connectivity index (χ1v) is 5.79. The van der Waals surface area contributed by atoms with Gasteiger partial charge in [-0.3, -0.25) is 9.69 Å². The number of hydrogen-bond acceptors (Lipinski definition) is 3. The van der Waals surface area contributed by atoms with Gasteiger partial charge in [-0.1, -0.05) is 36.0 Å². The number of rotatable bonds is 5. The molecule has 1 aromatic rings. The summed E-state index contributed by atoms with van der Waals surface area (Å²) in [6.07, 6.45) is 0. The number of likely N-dealkylation sites (N-methyl/N-ethyl adjacent to an activating group) is 1. The maximum atomic E-state index is 11.7. The molecule has 0 heterocycles. The van der Waals surface area contributed by atoms with E-state index < -0.39 is 0 Å². The molecule has 6 heteroatoms. The number of halogens is 1. The van der Waals surface area contributed by atoms with Crippen molar-refractivity contribution in [1.29, 1.82) is 0 Å². The molecule has 0 radical (unpaired) electrons. The van der Waals surface area contributed by atoms with Crippen LogP contribution >= 0.6 is 23.8 Å². The van der Waals surface area contributed by atoms with Crippen LogP contribution in [0.4, 0.5) is 5.69 Å². The Morgan fingerprint density at radius 2 is 2.12 bits per heavy atom. The second-order valence-corrected chi connectivity index (χ2v) is 4.60. The third-order valence-corrected chi connectivity index (χ3v) is 2.45. The highest BCUT2D eigenvalue weighted by molar-refractivity contribution is 7.80. The van der Waals surface area contributed by atoms with Crippen LogP contribution in [-0.2, 0) is 4.79 Å². The monoisotopic (exact) mass is 271 g/mol. The summed E-state index contributed by atoms with van der Waals surface area (Å²) in [4.78, 5) is 13.8. The number of benzene rings is 1. The minimum atomic E-state index is -0.156. The fourth-order valence-corrected chi connectivity index (χ4v) is 1.72. The third kappa shape index (κ3) is 5.12. The quantitative estimate of drug-likeness (QED) is 0.797. The van der Waals surface area contributed by atoms with Gasteiger partial charge in [-0.2, -0.15) is 0 Å². The van der Waals surface area contributed by atoms with Crippen molar-refractivity contribution in [2.24, 2.45) is 5.73 Å². The summed E-state index contributed by atoms with van der Waals surface area (Å²) in [5.74, 6) is -0.156. The molecule has 0 saturated carbocycles. The van der Waals surface area contributed by atoms with Crippen LogP contribution in [0.25, 0.3) is 0 Å². The van der Waals surface area contributed by atoms with Crippen molar-refractivity contribution in [1.82, 2.24) is 4.90 Å². The van der Waals surface area contributed by atoms with Gasteiger partial charge in [0.2, 0.25) is 5.91 Å². The second kappa shape index (κ2) is 6.54. The van der Waals surface area contributed by atoms with Gasteiger partial charge in [0.1, 0.15) is 0 Å². The van der Waals surface area contributed by atoms with E-state index in [1.54, 1.807) is 36.2 Å². The van der Waals surface area contributed by atoms with E-state index in [9.17, 15) is 4.79 Å². The molecular formula is C11H14ClN3OS. The number of nitrogens with zero attached hydrogens (tertiary/aromatic N) is 1. The molecule has 0 bridgehead atoms. The molecule has 1 amide bonds. The van der Waals surface area contributed by atoms with Crippen molar-refractivity contribution in [3.63, 3.8) is 0 Å². The van der Waals surface area contributed by atoms with Gasteiger partial charge in [0.25, 0.3) is 0 Å². The Morgan fingerprint density at radius 1 is 1.47 bits per heavy atom. The Bertz CT molecular complexity index is 425. The molecule has 3 N–H and O–H groups in total. The Balaban J connectivity index is 2.50. The van der Waals surface area contributed by atoms with Crippen LogP contribution in [0.1, 0.15) is 0 Å². The molecule has 0 aliphatic carbocycles. The molecule has 92 valence electrons. The van der Waals surface area contributed by atoms with Gasteiger partial charge in [0, 0.05) is 6.54 Å². The highest BCUT2D eigenvalue weighted by Gasteiger charge is 2.08. The summed E-state index contributed by atoms with van der Waals surface area (Å²) in [6, 6.07) is 7.07. The van der Waals surface area contributed by atoms with E-state index >= 15 is 0 Å². The second-order valence-electron chi connectivity index (χ2n) is 3.67. The molecule has 0 saturated heterocycles. The molecule has 0 aliphatic rings. The van der Waals surface area contributed by atoms with Gasteiger partial charge in [-0.15, -0.1) is 0 Å². The van der Waals surface area contributed by atoms with E-state index in [-0.39, 0.29) is 12.5 Å². The number of nitrogens with one attached hydrogen (secondary N) is 1. The van der Waals surface area contributed by atoms with Crippen LogP contribution in [0.2, 0.25) is 5.02 Å². The molecule has 0 fully saturated rings. The number of thiocarbonyl (C=S) groups is 1. The first-order valence-electron chi connectivity index (χ1n) is 5.00. The summed E-state index contributed by atoms with van der Waals surface area (Å²) in [5, 5.41) is 3.23. The predicted molar refractivity (Wildman–Crippen MR) is 74.4 cm³/mol. The number of amides is 1. The number of carbonyl (C=O) groups excluding carboxylic acids is 1. The Kier molecular flexibility index (Phi) is 5.34. The van der Waals surface area contributed by atoms with E-state index in [1.165, 1.54) is 0 Å². The van der Waals surface area contributed by atoms with Gasteiger partial charge < -0.3 is 11.1 Å². The highest BCUT2D eigenvalue weighted by Crippen LogP contribution is 2.20. The lowest BCUT2D eigenvalue weighted by Gasteiger charge is -2.15. The van der Waals surface area contributed by atoms with E-state index in [0.717, 1.165) is 0 Å². The average molecular weight is 272 g/mol. The minimum Gasteiger partial charge on any atom is -0.392 e. The molecule has 0 aromatic heterocycles. The van der Waals surface area contributed by atoms with Gasteiger partial charge in [0.15, 0.2) is 0 Å². The van der Waals surface area contributed by atoms with E-state index in [2.05, 4.69) is 5.32 Å². The molecule has 1 aromatic carbocycles. The van der Waals surface area contributed by atoms with Crippen molar-refractivity contribution in [3.05, 3.63) is 29.3 Å². The van der Waals surface area contributed by atoms with Crippen LogP contribution in [0.3, 0.4) is 0 Å². The molecule has 0 unspecified atom stereocenters. The average Bonchev–Trinajstić information content (AvgIpc) is 2.19. The molecular weight excluding hydrogens is 258 g/mol. The molecule has 0 aliphatic heterocycles. The number of nitrogens with two attached hydrogens (primary N) is 1. The third-order valence-electron chi connectivity index (χ3n) is 1.99. The summed E-state index contributed by atoms with van der Waals surface area (Å²) in [7, 11) is 1.77. The molecule has 4 nitrogen and oxygen atoms in total. The lowest BCUT2D eigenvalue weighted by atomic mass is 10.3. The zero-order valence-electron chi connectivity index (χ0n) is 9.44. The number of hydrogen-bond donors (Lipinski definition) is 2. The molecule has 0 atom stereocenters. The minimum absolute atomic E-state index is 0.156. The molecule has 17 heavy (non-hydrogen) atoms. The first kappa shape index (κ1) is 13.9. The topological polar surface area (TPSA) is 58.4 Å². The van der Waals surface area contributed by atoms with Crippen molar-refractivity contribution >= 4 is 40.4 Å². The first-order chi connectivity index (χ1) is 7.99. The Morgan fingerprint density at radius 3 is 2.71 bits per heavy atom. The van der Waals surface area contributed by atoms with Crippen LogP contribution in [0, 0.1) is 0 Å². The van der Waals surface area contributed by atoms with Crippen LogP contribution < -0.4 is 11.1 Å². The van der Waals surface area contributed by atoms with Crippen molar-refractivity contribution < 1.29 is 4.79 Å². The summed E-state index contributed by atoms with van der Waals surface area (Å²) < 4.78 is 0. The van der Waals surface area contributed by atoms with Gasteiger partial charge in [0.05, 0.1) is 22.2 Å². The fraction of sp³-hybridized carbons (Fsp3) is 0.273. The van der Waals surface area contributed by atoms with Crippen molar-refractivity contribution in [2.45, 2.75) is 0 Å². The molecule has 0 spiro atoms. The standard InChI is InChI=1S/C11H14ClN3OS/c1-15(6-10(13)17)7-11(16)14-9-5-3-2-4-8(9)12/h2-5H,6-7H2,1H3,(H2,13,17)(H,14,16). The van der Waals surface area contributed by atoms with Crippen LogP contribution in [-0.4, -0.2) is 35.9 Å². The highest BCUT2D eigenvalue weighted by atomic mass is 35.5. The number of carbonyl (C=O) groups is 1. The Hall–Kier alpha value is -1.17. The lowest BCUT2D eigenvalue weighted by Crippen LogP contribution is -2.35. The summed E-state index contributed by atoms with van der Waals surface area (Å²) >= 11 is 10.7. The van der Waals surface area contributed by atoms with Gasteiger partial charge in [-0.05, 0) is 19.2 Å². The number of para-hydroxylation sites is 1. The predicted octanol–water partition coefficient (Wildman–Crippen LogP) is 1.50. The van der Waals surface area contributed by atoms with E-state index in [0.29, 0.717) is 22.2 Å². The lowest BCUT2D eigenvalue weighted by molar-refractivity contribution is -0.116. The fourth-order valence-electron chi connectivity index (χ4n) is 1.32. The Labute approximate surface area is 111 Å². The van der Waals surface area contributed by atoms with Crippen LogP contribution in [0.5, 0.6) is 0 Å².